The second-order valence-electron chi connectivity index (χ2n) is 4.37. The Morgan fingerprint density at radius 3 is 2.55 bits per heavy atom. The van der Waals surface area contributed by atoms with Gasteiger partial charge in [0.25, 0.3) is 0 Å². The molecule has 1 aromatic heterocycles. The first-order chi connectivity index (χ1) is 9.47. The van der Waals surface area contributed by atoms with Crippen LogP contribution in [-0.4, -0.2) is 17.1 Å². The number of anilines is 2. The molecule has 0 bridgehead atoms. The van der Waals surface area contributed by atoms with Gasteiger partial charge in [-0.25, -0.2) is 9.59 Å². The van der Waals surface area contributed by atoms with Gasteiger partial charge >= 0.3 is 12.0 Å². The van der Waals surface area contributed by atoms with Gasteiger partial charge in [0.2, 0.25) is 0 Å². The fourth-order valence-electron chi connectivity index (χ4n) is 1.79. The lowest BCUT2D eigenvalue weighted by atomic mass is 10.1. The summed E-state index contributed by atoms with van der Waals surface area (Å²) in [6, 6.07) is 6.68. The number of hydrogen-bond donors (Lipinski definition) is 3. The number of aromatic carboxylic acids is 1. The van der Waals surface area contributed by atoms with Crippen LogP contribution in [0.3, 0.4) is 0 Å². The van der Waals surface area contributed by atoms with Gasteiger partial charge < -0.3 is 10.4 Å². The SMILES string of the molecule is Cc1ccc(NC(=O)Nc2sccc2C(=O)O)c(C)c1. The van der Waals surface area contributed by atoms with E-state index in [1.54, 1.807) is 5.38 Å². The van der Waals surface area contributed by atoms with Crippen LogP contribution >= 0.6 is 11.3 Å². The summed E-state index contributed by atoms with van der Waals surface area (Å²) in [6.45, 7) is 3.87. The number of carbonyl (C=O) groups is 2. The third-order valence-corrected chi connectivity index (χ3v) is 3.58. The van der Waals surface area contributed by atoms with Crippen LogP contribution in [-0.2, 0) is 0 Å². The minimum Gasteiger partial charge on any atom is -0.478 e. The summed E-state index contributed by atoms with van der Waals surface area (Å²) in [5.41, 5.74) is 2.84. The normalized spacial score (nSPS) is 10.1. The zero-order valence-corrected chi connectivity index (χ0v) is 11.9. The van der Waals surface area contributed by atoms with Crippen molar-refractivity contribution in [3.8, 4) is 0 Å². The highest BCUT2D eigenvalue weighted by Crippen LogP contribution is 2.23. The Morgan fingerprint density at radius 1 is 1.15 bits per heavy atom. The van der Waals surface area contributed by atoms with Crippen LogP contribution in [0.15, 0.2) is 29.6 Å². The second kappa shape index (κ2) is 5.75. The molecule has 2 amide bonds. The minimum absolute atomic E-state index is 0.0887. The number of benzene rings is 1. The molecule has 2 rings (SSSR count). The molecule has 0 atom stereocenters. The molecule has 0 saturated carbocycles. The van der Waals surface area contributed by atoms with E-state index in [9.17, 15) is 9.59 Å². The predicted octanol–water partition coefficient (Wildman–Crippen LogP) is 3.71. The third-order valence-electron chi connectivity index (χ3n) is 2.75. The molecule has 1 aromatic carbocycles. The van der Waals surface area contributed by atoms with Crippen molar-refractivity contribution < 1.29 is 14.7 Å². The molecule has 0 spiro atoms. The highest BCUT2D eigenvalue weighted by molar-refractivity contribution is 7.14. The Labute approximate surface area is 120 Å². The number of carboxylic acid groups (broad SMARTS) is 1. The van der Waals surface area contributed by atoms with Crippen LogP contribution in [0.25, 0.3) is 0 Å². The van der Waals surface area contributed by atoms with Gasteiger partial charge in [0, 0.05) is 5.69 Å². The lowest BCUT2D eigenvalue weighted by molar-refractivity contribution is 0.0698. The van der Waals surface area contributed by atoms with Crippen LogP contribution in [0.1, 0.15) is 21.5 Å². The fraction of sp³-hybridized carbons (Fsp3) is 0.143. The van der Waals surface area contributed by atoms with Gasteiger partial charge in [-0.1, -0.05) is 17.7 Å². The van der Waals surface area contributed by atoms with E-state index in [1.165, 1.54) is 17.4 Å². The molecular weight excluding hydrogens is 276 g/mol. The summed E-state index contributed by atoms with van der Waals surface area (Å²) in [6.07, 6.45) is 0. The summed E-state index contributed by atoms with van der Waals surface area (Å²) in [5.74, 6) is -1.06. The standard InChI is InChI=1S/C14H14N2O3S/c1-8-3-4-11(9(2)7-8)15-14(19)16-12-10(13(17)18)5-6-20-12/h3-7H,1-2H3,(H,17,18)(H2,15,16,19). The molecule has 1 heterocycles. The van der Waals surface area contributed by atoms with Crippen LogP contribution in [0, 0.1) is 13.8 Å². The first-order valence-electron chi connectivity index (χ1n) is 5.93. The van der Waals surface area contributed by atoms with Crippen molar-refractivity contribution in [1.29, 1.82) is 0 Å². The number of carboxylic acids is 1. The Morgan fingerprint density at radius 2 is 1.90 bits per heavy atom. The largest absolute Gasteiger partial charge is 0.478 e. The molecule has 5 nitrogen and oxygen atoms in total. The van der Waals surface area contributed by atoms with E-state index in [1.807, 2.05) is 32.0 Å². The summed E-state index contributed by atoms with van der Waals surface area (Å²) < 4.78 is 0. The van der Waals surface area contributed by atoms with Crippen molar-refractivity contribution in [3.05, 3.63) is 46.3 Å². The maximum atomic E-state index is 11.9. The zero-order valence-electron chi connectivity index (χ0n) is 11.1. The van der Waals surface area contributed by atoms with Crippen molar-refractivity contribution in [1.82, 2.24) is 0 Å². The fourth-order valence-corrected chi connectivity index (χ4v) is 2.56. The minimum atomic E-state index is -1.06. The number of carbonyl (C=O) groups excluding carboxylic acids is 1. The van der Waals surface area contributed by atoms with Gasteiger partial charge in [0.15, 0.2) is 0 Å². The molecule has 0 unspecified atom stereocenters. The lowest BCUT2D eigenvalue weighted by Gasteiger charge is -2.10. The van der Waals surface area contributed by atoms with E-state index in [4.69, 9.17) is 5.11 Å². The first kappa shape index (κ1) is 14.1. The third kappa shape index (κ3) is 3.16. The van der Waals surface area contributed by atoms with Gasteiger partial charge in [-0.2, -0.15) is 0 Å². The summed E-state index contributed by atoms with van der Waals surface area (Å²) in [5, 5.41) is 16.2. The predicted molar refractivity (Wildman–Crippen MR) is 79.8 cm³/mol. The molecule has 20 heavy (non-hydrogen) atoms. The average Bonchev–Trinajstić information content (AvgIpc) is 2.81. The van der Waals surface area contributed by atoms with Crippen molar-refractivity contribution in [2.45, 2.75) is 13.8 Å². The van der Waals surface area contributed by atoms with E-state index in [2.05, 4.69) is 10.6 Å². The van der Waals surface area contributed by atoms with E-state index in [0.29, 0.717) is 10.7 Å². The van der Waals surface area contributed by atoms with E-state index in [0.717, 1.165) is 11.1 Å². The summed E-state index contributed by atoms with van der Waals surface area (Å²) >= 11 is 1.17. The number of thiophene rings is 1. The Balaban J connectivity index is 2.09. The number of rotatable bonds is 3. The van der Waals surface area contributed by atoms with Gasteiger partial charge in [0.1, 0.15) is 5.00 Å². The molecule has 0 aliphatic rings. The molecular formula is C14H14N2O3S. The van der Waals surface area contributed by atoms with Crippen molar-refractivity contribution in [2.24, 2.45) is 0 Å². The number of aryl methyl sites for hydroxylation is 2. The highest BCUT2D eigenvalue weighted by atomic mass is 32.1. The molecule has 2 aromatic rings. The summed E-state index contributed by atoms with van der Waals surface area (Å²) in [7, 11) is 0. The molecule has 0 aliphatic carbocycles. The molecule has 104 valence electrons. The molecule has 3 N–H and O–H groups in total. The van der Waals surface area contributed by atoms with Crippen LogP contribution < -0.4 is 10.6 Å². The number of hydrogen-bond acceptors (Lipinski definition) is 3. The lowest BCUT2D eigenvalue weighted by Crippen LogP contribution is -2.20. The van der Waals surface area contributed by atoms with Gasteiger partial charge in [-0.15, -0.1) is 11.3 Å². The summed E-state index contributed by atoms with van der Waals surface area (Å²) in [4.78, 5) is 22.8. The molecule has 0 radical (unpaired) electrons. The number of urea groups is 1. The van der Waals surface area contributed by atoms with Crippen LogP contribution in [0.4, 0.5) is 15.5 Å². The highest BCUT2D eigenvalue weighted by Gasteiger charge is 2.14. The first-order valence-corrected chi connectivity index (χ1v) is 6.81. The smallest absolute Gasteiger partial charge is 0.338 e. The maximum absolute atomic E-state index is 11.9. The van der Waals surface area contributed by atoms with Crippen molar-refractivity contribution in [3.63, 3.8) is 0 Å². The van der Waals surface area contributed by atoms with Gasteiger partial charge in [0.05, 0.1) is 5.56 Å². The topological polar surface area (TPSA) is 78.4 Å². The van der Waals surface area contributed by atoms with Gasteiger partial charge in [-0.05, 0) is 36.9 Å². The molecule has 0 fully saturated rings. The Hall–Kier alpha value is -2.34. The number of amides is 2. The monoisotopic (exact) mass is 290 g/mol. The van der Waals surface area contributed by atoms with Gasteiger partial charge in [-0.3, -0.25) is 5.32 Å². The van der Waals surface area contributed by atoms with E-state index < -0.39 is 12.0 Å². The van der Waals surface area contributed by atoms with E-state index >= 15 is 0 Å². The molecule has 0 aliphatic heterocycles. The Bertz CT molecular complexity index is 664. The zero-order chi connectivity index (χ0) is 14.7. The van der Waals surface area contributed by atoms with Crippen LogP contribution in [0.5, 0.6) is 0 Å². The Kier molecular flexibility index (Phi) is 4.05. The molecule has 6 heteroatoms. The van der Waals surface area contributed by atoms with E-state index in [-0.39, 0.29) is 5.56 Å². The second-order valence-corrected chi connectivity index (χ2v) is 5.28. The van der Waals surface area contributed by atoms with Crippen LogP contribution in [0.2, 0.25) is 0 Å². The quantitative estimate of drug-likeness (QED) is 0.806. The van der Waals surface area contributed by atoms with Crippen molar-refractivity contribution in [2.75, 3.05) is 10.6 Å². The number of nitrogens with one attached hydrogen (secondary N) is 2. The average molecular weight is 290 g/mol. The van der Waals surface area contributed by atoms with Crippen molar-refractivity contribution >= 4 is 34.0 Å². The molecule has 0 saturated heterocycles. The maximum Gasteiger partial charge on any atom is 0.338 e.